The summed E-state index contributed by atoms with van der Waals surface area (Å²) < 4.78 is 11.1. The number of fused-ring (bicyclic) bond motifs is 3. The molecule has 2 saturated heterocycles. The molecule has 1 N–H and O–H groups in total. The molecule has 2 fully saturated rings. The minimum atomic E-state index is -0.773. The lowest BCUT2D eigenvalue weighted by molar-refractivity contribution is -0.0447. The molecule has 2 atom stereocenters. The van der Waals surface area contributed by atoms with Crippen LogP contribution >= 0.6 is 11.6 Å². The molecule has 0 bridgehead atoms. The first-order valence-electron chi connectivity index (χ1n) is 10.6. The van der Waals surface area contributed by atoms with Gasteiger partial charge in [-0.3, -0.25) is 13.8 Å². The van der Waals surface area contributed by atoms with E-state index in [-0.39, 0.29) is 11.6 Å². The first-order chi connectivity index (χ1) is 15.1. The monoisotopic (exact) mass is 439 g/mol. The highest BCUT2D eigenvalue weighted by Gasteiger charge is 2.36. The van der Waals surface area contributed by atoms with E-state index in [9.17, 15) is 4.79 Å². The molecule has 0 aliphatic carbocycles. The lowest BCUT2D eigenvalue weighted by atomic mass is 10.1. The van der Waals surface area contributed by atoms with E-state index in [1.807, 2.05) is 25.3 Å². The number of aromatic nitrogens is 6. The molecule has 31 heavy (non-hydrogen) atoms. The molecule has 0 radical (unpaired) electrons. The topological polar surface area (TPSA) is 91.3 Å². The largest absolute Gasteiger partial charge is 0.355 e. The van der Waals surface area contributed by atoms with Gasteiger partial charge in [-0.15, -0.1) is 5.10 Å². The van der Waals surface area contributed by atoms with Crippen LogP contribution in [0.1, 0.15) is 44.3 Å². The quantitative estimate of drug-likeness (QED) is 0.527. The van der Waals surface area contributed by atoms with Crippen molar-refractivity contribution in [1.29, 1.82) is 0 Å². The Morgan fingerprint density at radius 1 is 1.29 bits per heavy atom. The molecule has 160 valence electrons. The van der Waals surface area contributed by atoms with Gasteiger partial charge in [0.05, 0.1) is 28.3 Å². The van der Waals surface area contributed by atoms with Gasteiger partial charge in [-0.05, 0) is 51.3 Å². The number of rotatable bonds is 3. The van der Waals surface area contributed by atoms with Gasteiger partial charge in [-0.1, -0.05) is 22.9 Å². The maximum atomic E-state index is 13.9. The number of nitrogens with zero attached hydrogens (tertiary/aromatic N) is 6. The summed E-state index contributed by atoms with van der Waals surface area (Å²) in [6.07, 6.45) is 7.24. The van der Waals surface area contributed by atoms with Crippen molar-refractivity contribution in [3.05, 3.63) is 51.8 Å². The molecule has 5 heterocycles. The zero-order valence-electron chi connectivity index (χ0n) is 17.1. The summed E-state index contributed by atoms with van der Waals surface area (Å²) >= 11 is 6.59. The molecule has 2 aliphatic heterocycles. The summed E-state index contributed by atoms with van der Waals surface area (Å²) in [5, 5.41) is 12.5. The maximum absolute atomic E-state index is 13.9. The zero-order valence-corrected chi connectivity index (χ0v) is 17.8. The molecule has 2 aliphatic rings. The predicted molar refractivity (Wildman–Crippen MR) is 116 cm³/mol. The van der Waals surface area contributed by atoms with E-state index in [0.29, 0.717) is 28.5 Å². The van der Waals surface area contributed by atoms with Gasteiger partial charge in [-0.2, -0.15) is 4.68 Å². The van der Waals surface area contributed by atoms with Crippen LogP contribution in [0.15, 0.2) is 35.5 Å². The molecule has 1 aromatic carbocycles. The van der Waals surface area contributed by atoms with E-state index in [0.717, 1.165) is 43.4 Å². The fourth-order valence-corrected chi connectivity index (χ4v) is 5.14. The molecule has 0 amide bonds. The summed E-state index contributed by atoms with van der Waals surface area (Å²) in [5.41, 5.74) is 1.72. The number of halogens is 1. The second kappa shape index (κ2) is 6.88. The van der Waals surface area contributed by atoms with Crippen LogP contribution in [-0.4, -0.2) is 42.1 Å². The van der Waals surface area contributed by atoms with Crippen LogP contribution in [0.5, 0.6) is 0 Å². The number of imidazole rings is 1. The average Bonchev–Trinajstić information content (AvgIpc) is 3.54. The third-order valence-corrected chi connectivity index (χ3v) is 6.72. The van der Waals surface area contributed by atoms with Crippen molar-refractivity contribution in [3.63, 3.8) is 0 Å². The van der Waals surface area contributed by atoms with Gasteiger partial charge < -0.3 is 10.1 Å². The van der Waals surface area contributed by atoms with Gasteiger partial charge in [0.15, 0.2) is 11.3 Å². The van der Waals surface area contributed by atoms with E-state index in [1.54, 1.807) is 26.0 Å². The second-order valence-corrected chi connectivity index (χ2v) is 8.81. The van der Waals surface area contributed by atoms with Crippen molar-refractivity contribution in [2.45, 2.75) is 44.4 Å². The van der Waals surface area contributed by atoms with Crippen molar-refractivity contribution >= 4 is 28.2 Å². The maximum Gasteiger partial charge on any atom is 0.281 e. The van der Waals surface area contributed by atoms with Gasteiger partial charge in [-0.25, -0.2) is 4.98 Å². The van der Waals surface area contributed by atoms with E-state index in [4.69, 9.17) is 16.3 Å². The van der Waals surface area contributed by atoms with Crippen LogP contribution in [0.25, 0.3) is 22.4 Å². The molecule has 6 rings (SSSR count). The fourth-order valence-electron chi connectivity index (χ4n) is 4.88. The molecular formula is C21H22ClN7O2. The summed E-state index contributed by atoms with van der Waals surface area (Å²) in [4.78, 5) is 18.4. The van der Waals surface area contributed by atoms with Crippen LogP contribution < -0.4 is 10.9 Å². The highest BCUT2D eigenvalue weighted by molar-refractivity contribution is 6.35. The average molecular weight is 440 g/mol. The third-order valence-electron chi connectivity index (χ3n) is 6.42. The molecule has 2 unspecified atom stereocenters. The lowest BCUT2D eigenvalue weighted by Gasteiger charge is -2.28. The first kappa shape index (κ1) is 19.0. The Hall–Kier alpha value is -2.75. The van der Waals surface area contributed by atoms with Gasteiger partial charge in [0.25, 0.3) is 5.56 Å². The molecule has 3 aromatic heterocycles. The minimum absolute atomic E-state index is 0.185. The second-order valence-electron chi connectivity index (χ2n) is 8.40. The summed E-state index contributed by atoms with van der Waals surface area (Å²) in [5.74, 6) is 0.443. The Bertz CT molecular complexity index is 1360. The Balaban J connectivity index is 1.63. The molecule has 10 heteroatoms. The van der Waals surface area contributed by atoms with Crippen molar-refractivity contribution in [2.75, 3.05) is 13.2 Å². The molecular weight excluding hydrogens is 418 g/mol. The van der Waals surface area contributed by atoms with Gasteiger partial charge in [0, 0.05) is 6.61 Å². The molecule has 0 saturated carbocycles. The number of benzene rings is 1. The normalized spacial score (nSPS) is 24.0. The van der Waals surface area contributed by atoms with Crippen molar-refractivity contribution < 1.29 is 4.74 Å². The lowest BCUT2D eigenvalue weighted by Crippen LogP contribution is -2.39. The third kappa shape index (κ3) is 2.77. The first-order valence-corrected chi connectivity index (χ1v) is 11.0. The van der Waals surface area contributed by atoms with Crippen LogP contribution in [0.2, 0.25) is 5.02 Å². The molecule has 4 aromatic rings. The van der Waals surface area contributed by atoms with Crippen LogP contribution in [0, 0.1) is 0 Å². The molecule has 0 spiro atoms. The number of hydrogen-bond donors (Lipinski definition) is 1. The van der Waals surface area contributed by atoms with E-state index in [2.05, 4.69) is 20.6 Å². The smallest absolute Gasteiger partial charge is 0.281 e. The predicted octanol–water partition coefficient (Wildman–Crippen LogP) is 2.79. The summed E-state index contributed by atoms with van der Waals surface area (Å²) in [6.45, 7) is 3.52. The van der Waals surface area contributed by atoms with Crippen LogP contribution in [0.3, 0.4) is 0 Å². The Morgan fingerprint density at radius 3 is 2.97 bits per heavy atom. The van der Waals surface area contributed by atoms with Crippen molar-refractivity contribution in [1.82, 2.24) is 34.3 Å². The van der Waals surface area contributed by atoms with Crippen LogP contribution in [0.4, 0.5) is 0 Å². The van der Waals surface area contributed by atoms with Crippen LogP contribution in [-0.2, 0) is 10.5 Å². The summed E-state index contributed by atoms with van der Waals surface area (Å²) in [7, 11) is 0. The SMILES string of the molecule is CC1(n2c(=O)c3c(-n4cc(C5CCCN5)nn4)ncn3c3cccc(Cl)c32)CCCO1. The van der Waals surface area contributed by atoms with Crippen molar-refractivity contribution in [3.8, 4) is 5.82 Å². The standard InChI is InChI=1S/C21H22ClN7O2/c1-21(8-4-10-31-21)29-17-13(22)5-2-7-16(17)27-12-24-19(18(27)20(29)30)28-11-15(25-26-28)14-6-3-9-23-14/h2,5,7,11-12,14,23H,3-4,6,8-10H2,1H3. The molecule has 9 nitrogen and oxygen atoms in total. The van der Waals surface area contributed by atoms with Gasteiger partial charge in [0.1, 0.15) is 17.7 Å². The highest BCUT2D eigenvalue weighted by Crippen LogP contribution is 2.35. The van der Waals surface area contributed by atoms with E-state index in [1.165, 1.54) is 0 Å². The van der Waals surface area contributed by atoms with E-state index < -0.39 is 5.72 Å². The summed E-state index contributed by atoms with van der Waals surface area (Å²) in [6, 6.07) is 5.78. The fraction of sp³-hybridized carbons (Fsp3) is 0.429. The number of para-hydroxylation sites is 1. The number of ether oxygens (including phenoxy) is 1. The Labute approximate surface area is 182 Å². The Kier molecular flexibility index (Phi) is 4.21. The number of hydrogen-bond acceptors (Lipinski definition) is 6. The van der Waals surface area contributed by atoms with Gasteiger partial charge in [0.2, 0.25) is 0 Å². The van der Waals surface area contributed by atoms with E-state index >= 15 is 0 Å². The number of nitrogens with one attached hydrogen (secondary N) is 1. The van der Waals surface area contributed by atoms with Gasteiger partial charge >= 0.3 is 0 Å². The van der Waals surface area contributed by atoms with Crippen molar-refractivity contribution in [2.24, 2.45) is 0 Å². The Morgan fingerprint density at radius 2 is 2.19 bits per heavy atom. The zero-order chi connectivity index (χ0) is 21.2. The highest BCUT2D eigenvalue weighted by atomic mass is 35.5. The minimum Gasteiger partial charge on any atom is -0.355 e.